The molecule has 0 aliphatic heterocycles. The second-order valence-electron chi connectivity index (χ2n) is 3.85. The summed E-state index contributed by atoms with van der Waals surface area (Å²) >= 11 is 0. The molecule has 0 radical (unpaired) electrons. The van der Waals surface area contributed by atoms with Crippen molar-refractivity contribution in [3.05, 3.63) is 18.2 Å². The molecular formula is C12H20N2O2. The van der Waals surface area contributed by atoms with E-state index < -0.39 is 0 Å². The fourth-order valence-corrected chi connectivity index (χ4v) is 1.49. The van der Waals surface area contributed by atoms with Gasteiger partial charge in [-0.3, -0.25) is 4.90 Å². The van der Waals surface area contributed by atoms with Gasteiger partial charge in [0.25, 0.3) is 0 Å². The molecule has 0 saturated carbocycles. The second-order valence-corrected chi connectivity index (χ2v) is 3.85. The third-order valence-corrected chi connectivity index (χ3v) is 2.38. The fourth-order valence-electron chi connectivity index (χ4n) is 1.49. The quantitative estimate of drug-likeness (QED) is 0.613. The Morgan fingerprint density at radius 1 is 1.31 bits per heavy atom. The molecule has 0 spiro atoms. The summed E-state index contributed by atoms with van der Waals surface area (Å²) < 4.78 is 11.1. The molecule has 0 bridgehead atoms. The van der Waals surface area contributed by atoms with E-state index in [4.69, 9.17) is 15.2 Å². The highest BCUT2D eigenvalue weighted by atomic mass is 16.5. The zero-order valence-electron chi connectivity index (χ0n) is 10.4. The van der Waals surface area contributed by atoms with E-state index in [9.17, 15) is 0 Å². The van der Waals surface area contributed by atoms with Gasteiger partial charge >= 0.3 is 0 Å². The minimum atomic E-state index is 0.0238. The highest BCUT2D eigenvalue weighted by Gasteiger charge is 2.13. The van der Waals surface area contributed by atoms with Crippen LogP contribution in [-0.2, 0) is 0 Å². The van der Waals surface area contributed by atoms with Crippen LogP contribution in [0.5, 0.6) is 11.5 Å². The van der Waals surface area contributed by atoms with Crippen molar-refractivity contribution in [3.63, 3.8) is 0 Å². The molecule has 0 fully saturated rings. The van der Waals surface area contributed by atoms with E-state index in [0.717, 1.165) is 6.42 Å². The maximum absolute atomic E-state index is 5.85. The van der Waals surface area contributed by atoms with Gasteiger partial charge < -0.3 is 15.2 Å². The van der Waals surface area contributed by atoms with Gasteiger partial charge in [0, 0.05) is 11.8 Å². The first-order valence-electron chi connectivity index (χ1n) is 5.35. The predicted octanol–water partition coefficient (Wildman–Crippen LogP) is 1.95. The summed E-state index contributed by atoms with van der Waals surface area (Å²) in [6.07, 6.45) is 0.918. The van der Waals surface area contributed by atoms with Crippen LogP contribution in [0.25, 0.3) is 0 Å². The molecule has 0 aliphatic rings. The Labute approximate surface area is 96.9 Å². The van der Waals surface area contributed by atoms with Gasteiger partial charge in [0.1, 0.15) is 0 Å². The largest absolute Gasteiger partial charge is 0.493 e. The van der Waals surface area contributed by atoms with Crippen molar-refractivity contribution in [1.82, 2.24) is 4.90 Å². The van der Waals surface area contributed by atoms with E-state index >= 15 is 0 Å². The third kappa shape index (κ3) is 3.03. The Hall–Kier alpha value is -1.42. The first-order valence-corrected chi connectivity index (χ1v) is 5.35. The highest BCUT2D eigenvalue weighted by molar-refractivity contribution is 5.51. The monoisotopic (exact) mass is 224 g/mol. The van der Waals surface area contributed by atoms with Gasteiger partial charge in [-0.25, -0.2) is 0 Å². The number of nitrogens with two attached hydrogens (primary N) is 1. The maximum Gasteiger partial charge on any atom is 0.165 e. The van der Waals surface area contributed by atoms with Crippen molar-refractivity contribution in [2.45, 2.75) is 19.6 Å². The van der Waals surface area contributed by atoms with Gasteiger partial charge in [0.2, 0.25) is 0 Å². The second kappa shape index (κ2) is 5.61. The number of nitrogen functional groups attached to an aromatic ring is 1. The molecule has 0 aromatic heterocycles. The third-order valence-electron chi connectivity index (χ3n) is 2.38. The van der Waals surface area contributed by atoms with E-state index in [0.29, 0.717) is 17.2 Å². The molecule has 1 aromatic rings. The molecule has 90 valence electrons. The lowest BCUT2D eigenvalue weighted by atomic mass is 10.3. The smallest absolute Gasteiger partial charge is 0.165 e. The summed E-state index contributed by atoms with van der Waals surface area (Å²) in [6.45, 7) is 2.07. The van der Waals surface area contributed by atoms with Crippen molar-refractivity contribution in [1.29, 1.82) is 0 Å². The minimum Gasteiger partial charge on any atom is -0.493 e. The minimum absolute atomic E-state index is 0.0238. The van der Waals surface area contributed by atoms with Crippen LogP contribution in [0.1, 0.15) is 13.3 Å². The van der Waals surface area contributed by atoms with Crippen molar-refractivity contribution < 1.29 is 9.47 Å². The zero-order chi connectivity index (χ0) is 12.1. The van der Waals surface area contributed by atoms with Gasteiger partial charge in [-0.15, -0.1) is 0 Å². The van der Waals surface area contributed by atoms with Crippen molar-refractivity contribution >= 4 is 5.69 Å². The number of nitrogens with zero attached hydrogens (tertiary/aromatic N) is 1. The van der Waals surface area contributed by atoms with Gasteiger partial charge in [-0.1, -0.05) is 6.92 Å². The Morgan fingerprint density at radius 2 is 2.00 bits per heavy atom. The predicted molar refractivity (Wildman–Crippen MR) is 65.8 cm³/mol. The van der Waals surface area contributed by atoms with Crippen LogP contribution in [-0.4, -0.2) is 32.3 Å². The number of hydrogen-bond acceptors (Lipinski definition) is 4. The summed E-state index contributed by atoms with van der Waals surface area (Å²) in [5.74, 6) is 1.39. The molecule has 16 heavy (non-hydrogen) atoms. The van der Waals surface area contributed by atoms with Crippen LogP contribution in [0.2, 0.25) is 0 Å². The lowest BCUT2D eigenvalue weighted by molar-refractivity contribution is 0.0587. The molecule has 0 amide bonds. The number of hydrogen-bond donors (Lipinski definition) is 1. The van der Waals surface area contributed by atoms with Crippen molar-refractivity contribution in [2.24, 2.45) is 0 Å². The van der Waals surface area contributed by atoms with Gasteiger partial charge in [-0.2, -0.15) is 0 Å². The van der Waals surface area contributed by atoms with E-state index in [1.165, 1.54) is 0 Å². The molecular weight excluding hydrogens is 204 g/mol. The topological polar surface area (TPSA) is 47.7 Å². The molecule has 1 unspecified atom stereocenters. The van der Waals surface area contributed by atoms with Gasteiger partial charge in [-0.05, 0) is 32.6 Å². The summed E-state index contributed by atoms with van der Waals surface area (Å²) in [5, 5.41) is 0. The fraction of sp³-hybridized carbons (Fsp3) is 0.500. The van der Waals surface area contributed by atoms with Crippen LogP contribution < -0.4 is 15.2 Å². The van der Waals surface area contributed by atoms with Crippen LogP contribution in [0.4, 0.5) is 5.69 Å². The van der Waals surface area contributed by atoms with E-state index in [1.807, 2.05) is 25.1 Å². The lowest BCUT2D eigenvalue weighted by Gasteiger charge is -2.25. The molecule has 4 nitrogen and oxygen atoms in total. The number of benzene rings is 1. The maximum atomic E-state index is 5.85. The lowest BCUT2D eigenvalue weighted by Crippen LogP contribution is -2.32. The average Bonchev–Trinajstić information content (AvgIpc) is 2.25. The SMILES string of the molecule is CCC(Oc1cc(N)ccc1OC)N(C)C. The molecule has 1 aromatic carbocycles. The molecule has 0 saturated heterocycles. The average molecular weight is 224 g/mol. The van der Waals surface area contributed by atoms with Crippen LogP contribution >= 0.6 is 0 Å². The molecule has 1 atom stereocenters. The first kappa shape index (κ1) is 12.6. The van der Waals surface area contributed by atoms with Gasteiger partial charge in [0.15, 0.2) is 17.7 Å². The number of anilines is 1. The summed E-state index contributed by atoms with van der Waals surface area (Å²) in [7, 11) is 5.58. The Bertz CT molecular complexity index is 340. The number of methoxy groups -OCH3 is 1. The van der Waals surface area contributed by atoms with Gasteiger partial charge in [0.05, 0.1) is 7.11 Å². The highest BCUT2D eigenvalue weighted by Crippen LogP contribution is 2.30. The molecule has 0 heterocycles. The van der Waals surface area contributed by atoms with E-state index in [1.54, 1.807) is 19.2 Å². The van der Waals surface area contributed by atoms with Crippen molar-refractivity contribution in [3.8, 4) is 11.5 Å². The summed E-state index contributed by atoms with van der Waals surface area (Å²) in [5.41, 5.74) is 6.40. The zero-order valence-corrected chi connectivity index (χ0v) is 10.4. The number of ether oxygens (including phenoxy) is 2. The van der Waals surface area contributed by atoms with E-state index in [2.05, 4.69) is 6.92 Å². The summed E-state index contributed by atoms with van der Waals surface area (Å²) in [4.78, 5) is 2.02. The Morgan fingerprint density at radius 3 is 2.50 bits per heavy atom. The standard InChI is InChI=1S/C12H20N2O2/c1-5-12(14(2)3)16-11-8-9(13)6-7-10(11)15-4/h6-8,12H,5,13H2,1-4H3. The molecule has 4 heteroatoms. The van der Waals surface area contributed by atoms with Crippen molar-refractivity contribution in [2.75, 3.05) is 26.9 Å². The van der Waals surface area contributed by atoms with Crippen LogP contribution in [0.15, 0.2) is 18.2 Å². The molecule has 2 N–H and O–H groups in total. The number of rotatable bonds is 5. The molecule has 1 rings (SSSR count). The normalized spacial score (nSPS) is 12.6. The Balaban J connectivity index is 2.89. The van der Waals surface area contributed by atoms with E-state index in [-0.39, 0.29) is 6.23 Å². The summed E-state index contributed by atoms with van der Waals surface area (Å²) in [6, 6.07) is 5.39. The Kier molecular flexibility index (Phi) is 4.43. The first-order chi connectivity index (χ1) is 7.58. The molecule has 0 aliphatic carbocycles. The van der Waals surface area contributed by atoms with Crippen LogP contribution in [0.3, 0.4) is 0 Å². The van der Waals surface area contributed by atoms with Crippen LogP contribution in [0, 0.1) is 0 Å².